The van der Waals surface area contributed by atoms with Crippen LogP contribution in [0.1, 0.15) is 58.3 Å². The van der Waals surface area contributed by atoms with Crippen molar-refractivity contribution in [3.05, 3.63) is 11.4 Å². The van der Waals surface area contributed by atoms with E-state index in [1.807, 2.05) is 6.92 Å². The molecule has 2 unspecified atom stereocenters. The summed E-state index contributed by atoms with van der Waals surface area (Å²) in [5.74, 6) is 2.91. The second-order valence-corrected chi connectivity index (χ2v) is 6.86. The summed E-state index contributed by atoms with van der Waals surface area (Å²) in [5.41, 5.74) is 0.923. The van der Waals surface area contributed by atoms with Crippen molar-refractivity contribution in [3.63, 3.8) is 0 Å². The van der Waals surface area contributed by atoms with Gasteiger partial charge in [0.05, 0.1) is 6.10 Å². The fourth-order valence-corrected chi connectivity index (χ4v) is 2.58. The van der Waals surface area contributed by atoms with E-state index in [-0.39, 0.29) is 23.5 Å². The first-order valence-electron chi connectivity index (χ1n) is 7.84. The van der Waals surface area contributed by atoms with Gasteiger partial charge in [-0.3, -0.25) is 0 Å². The Kier molecular flexibility index (Phi) is 4.42. The zero-order valence-electron chi connectivity index (χ0n) is 14.0. The third-order valence-electron chi connectivity index (χ3n) is 4.55. The van der Waals surface area contributed by atoms with Gasteiger partial charge in [-0.1, -0.05) is 27.7 Å². The van der Waals surface area contributed by atoms with Gasteiger partial charge in [0.15, 0.2) is 0 Å². The number of aliphatic hydroxyl groups excluding tert-OH is 1. The third kappa shape index (κ3) is 2.98. The van der Waals surface area contributed by atoms with E-state index in [0.717, 1.165) is 36.0 Å². The Morgan fingerprint density at radius 2 is 1.90 bits per heavy atom. The molecule has 0 aliphatic heterocycles. The molecule has 0 bridgehead atoms. The minimum atomic E-state index is -0.241. The highest BCUT2D eigenvalue weighted by Gasteiger charge is 2.47. The molecule has 0 spiro atoms. The van der Waals surface area contributed by atoms with Crippen LogP contribution in [0.4, 0.5) is 11.6 Å². The lowest BCUT2D eigenvalue weighted by Gasteiger charge is -2.49. The summed E-state index contributed by atoms with van der Waals surface area (Å²) < 4.78 is 0. The van der Waals surface area contributed by atoms with Crippen molar-refractivity contribution in [2.24, 2.45) is 5.41 Å². The molecule has 1 heterocycles. The van der Waals surface area contributed by atoms with Crippen LogP contribution in [-0.4, -0.2) is 33.8 Å². The summed E-state index contributed by atoms with van der Waals surface area (Å²) in [7, 11) is 0. The number of nitrogens with one attached hydrogen (secondary N) is 2. The van der Waals surface area contributed by atoms with Crippen molar-refractivity contribution in [1.82, 2.24) is 9.97 Å². The van der Waals surface area contributed by atoms with Crippen molar-refractivity contribution in [3.8, 4) is 0 Å². The quantitative estimate of drug-likeness (QED) is 0.778. The molecule has 2 rings (SSSR count). The van der Waals surface area contributed by atoms with E-state index in [2.05, 4.69) is 55.2 Å². The van der Waals surface area contributed by atoms with Crippen LogP contribution in [-0.2, 0) is 0 Å². The normalized spacial score (nSPS) is 23.8. The predicted octanol–water partition coefficient (Wildman–Crippen LogP) is 2.91. The molecule has 1 aliphatic carbocycles. The van der Waals surface area contributed by atoms with E-state index in [9.17, 15) is 5.11 Å². The van der Waals surface area contributed by atoms with E-state index in [1.54, 1.807) is 0 Å². The summed E-state index contributed by atoms with van der Waals surface area (Å²) in [6, 6.07) is 0.246. The van der Waals surface area contributed by atoms with Crippen LogP contribution in [0.5, 0.6) is 0 Å². The number of aliphatic hydroxyl groups is 1. The van der Waals surface area contributed by atoms with Gasteiger partial charge in [0.2, 0.25) is 0 Å². The van der Waals surface area contributed by atoms with Gasteiger partial charge in [0, 0.05) is 29.5 Å². The Hall–Kier alpha value is -1.36. The van der Waals surface area contributed by atoms with Crippen LogP contribution in [0.15, 0.2) is 0 Å². The van der Waals surface area contributed by atoms with Gasteiger partial charge in [0.1, 0.15) is 17.5 Å². The smallest absolute Gasteiger partial charge is 0.135 e. The number of anilines is 2. The maximum atomic E-state index is 9.89. The summed E-state index contributed by atoms with van der Waals surface area (Å²) in [5, 5.41) is 16.7. The molecule has 1 aromatic rings. The standard InChI is InChI=1S/C16H28N4O/c1-7-17-14-10(4)15(20-13(19-14)9(2)3)18-11-8-12(21)16(11,5)6/h9,11-12,21H,7-8H2,1-6H3,(H2,17,18,19,20). The molecule has 0 aromatic carbocycles. The Labute approximate surface area is 127 Å². The highest BCUT2D eigenvalue weighted by molar-refractivity contribution is 5.58. The maximum absolute atomic E-state index is 9.89. The number of hydrogen-bond acceptors (Lipinski definition) is 5. The highest BCUT2D eigenvalue weighted by Crippen LogP contribution is 2.42. The Balaban J connectivity index is 2.29. The van der Waals surface area contributed by atoms with Gasteiger partial charge in [-0.2, -0.15) is 0 Å². The van der Waals surface area contributed by atoms with Gasteiger partial charge in [-0.25, -0.2) is 9.97 Å². The molecule has 0 radical (unpaired) electrons. The van der Waals surface area contributed by atoms with Crippen molar-refractivity contribution in [1.29, 1.82) is 0 Å². The molecule has 21 heavy (non-hydrogen) atoms. The van der Waals surface area contributed by atoms with E-state index in [0.29, 0.717) is 0 Å². The monoisotopic (exact) mass is 292 g/mol. The maximum Gasteiger partial charge on any atom is 0.135 e. The molecule has 2 atom stereocenters. The van der Waals surface area contributed by atoms with Crippen molar-refractivity contribution < 1.29 is 5.11 Å². The van der Waals surface area contributed by atoms with Crippen LogP contribution < -0.4 is 10.6 Å². The molecule has 118 valence electrons. The fourth-order valence-electron chi connectivity index (χ4n) is 2.58. The molecule has 1 aliphatic rings. The van der Waals surface area contributed by atoms with Gasteiger partial charge in [-0.05, 0) is 20.3 Å². The molecule has 0 amide bonds. The van der Waals surface area contributed by atoms with Crippen LogP contribution in [0.2, 0.25) is 0 Å². The van der Waals surface area contributed by atoms with E-state index in [1.165, 1.54) is 0 Å². The van der Waals surface area contributed by atoms with Gasteiger partial charge in [-0.15, -0.1) is 0 Å². The topological polar surface area (TPSA) is 70.1 Å². The summed E-state index contributed by atoms with van der Waals surface area (Å²) in [6.45, 7) is 13.3. The molecule has 5 heteroatoms. The first-order valence-corrected chi connectivity index (χ1v) is 7.84. The lowest BCUT2D eigenvalue weighted by molar-refractivity contribution is -0.0511. The minimum Gasteiger partial charge on any atom is -0.392 e. The molecular formula is C16H28N4O. The van der Waals surface area contributed by atoms with Crippen molar-refractivity contribution in [2.45, 2.75) is 66.0 Å². The lowest BCUT2D eigenvalue weighted by Crippen LogP contribution is -2.57. The molecule has 1 saturated carbocycles. The van der Waals surface area contributed by atoms with Gasteiger partial charge in [0.25, 0.3) is 0 Å². The molecule has 1 fully saturated rings. The fraction of sp³-hybridized carbons (Fsp3) is 0.750. The van der Waals surface area contributed by atoms with Crippen LogP contribution in [0.25, 0.3) is 0 Å². The number of nitrogens with zero attached hydrogens (tertiary/aromatic N) is 2. The minimum absolute atomic E-state index is 0.117. The first kappa shape index (κ1) is 16.0. The van der Waals surface area contributed by atoms with Crippen molar-refractivity contribution in [2.75, 3.05) is 17.2 Å². The van der Waals surface area contributed by atoms with E-state index < -0.39 is 0 Å². The first-order chi connectivity index (χ1) is 9.77. The Morgan fingerprint density at radius 3 is 2.38 bits per heavy atom. The highest BCUT2D eigenvalue weighted by atomic mass is 16.3. The summed E-state index contributed by atoms with van der Waals surface area (Å²) >= 11 is 0. The van der Waals surface area contributed by atoms with Crippen LogP contribution in [0, 0.1) is 12.3 Å². The molecule has 1 aromatic heterocycles. The average molecular weight is 292 g/mol. The summed E-state index contributed by atoms with van der Waals surface area (Å²) in [6.07, 6.45) is 0.527. The second-order valence-electron chi connectivity index (χ2n) is 6.86. The lowest BCUT2D eigenvalue weighted by atomic mass is 9.64. The van der Waals surface area contributed by atoms with Crippen LogP contribution in [0.3, 0.4) is 0 Å². The molecule has 5 nitrogen and oxygen atoms in total. The van der Waals surface area contributed by atoms with E-state index in [4.69, 9.17) is 0 Å². The number of rotatable bonds is 5. The Bertz CT molecular complexity index is 513. The SMILES string of the molecule is CCNc1nc(C(C)C)nc(NC2CC(O)C2(C)C)c1C. The zero-order valence-corrected chi connectivity index (χ0v) is 14.0. The van der Waals surface area contributed by atoms with Crippen molar-refractivity contribution >= 4 is 11.6 Å². The zero-order chi connectivity index (χ0) is 15.8. The summed E-state index contributed by atoms with van der Waals surface area (Å²) in [4.78, 5) is 9.30. The average Bonchev–Trinajstić information content (AvgIpc) is 2.42. The molecule has 0 saturated heterocycles. The van der Waals surface area contributed by atoms with Gasteiger partial charge >= 0.3 is 0 Å². The van der Waals surface area contributed by atoms with E-state index >= 15 is 0 Å². The predicted molar refractivity (Wildman–Crippen MR) is 86.8 cm³/mol. The largest absolute Gasteiger partial charge is 0.392 e. The Morgan fingerprint density at radius 1 is 1.29 bits per heavy atom. The molecular weight excluding hydrogens is 264 g/mol. The number of hydrogen-bond donors (Lipinski definition) is 3. The third-order valence-corrected chi connectivity index (χ3v) is 4.55. The van der Waals surface area contributed by atoms with Gasteiger partial charge < -0.3 is 15.7 Å². The second kappa shape index (κ2) is 5.79. The van der Waals surface area contributed by atoms with Crippen LogP contribution >= 0.6 is 0 Å². The molecule has 3 N–H and O–H groups in total. The number of aromatic nitrogens is 2.